The van der Waals surface area contributed by atoms with Crippen molar-refractivity contribution in [1.82, 2.24) is 4.90 Å². The van der Waals surface area contributed by atoms with Crippen LogP contribution in [0.1, 0.15) is 44.1 Å². The molecule has 7 heteroatoms. The average molecular weight is 632 g/mol. The van der Waals surface area contributed by atoms with Crippen molar-refractivity contribution in [2.75, 3.05) is 19.6 Å². The molecule has 0 saturated heterocycles. The van der Waals surface area contributed by atoms with Gasteiger partial charge in [-0.3, -0.25) is 0 Å². The molecule has 6 atom stereocenters. The number of hydrogen-bond acceptors (Lipinski definition) is 4. The minimum atomic E-state index is -0.377. The number of rotatable bonds is 15. The largest absolute Gasteiger partial charge is 0.391 e. The van der Waals surface area contributed by atoms with Gasteiger partial charge in [0.2, 0.25) is 0 Å². The molecule has 0 rings (SSSR count). The zero-order valence-electron chi connectivity index (χ0n) is 18.6. The Balaban J connectivity index is -0.000000960. The maximum absolute atomic E-state index is 8.08. The van der Waals surface area contributed by atoms with E-state index in [2.05, 4.69) is 42.8 Å². The summed E-state index contributed by atoms with van der Waals surface area (Å²) < 4.78 is 24.2. The molecule has 0 bridgehead atoms. The van der Waals surface area contributed by atoms with Gasteiger partial charge in [-0.2, -0.15) is 40.0 Å². The molecule has 0 fully saturated rings. The Kier molecular flexibility index (Phi) is 30.9. The van der Waals surface area contributed by atoms with Crippen LogP contribution in [-0.2, 0) is 98.1 Å². The third-order valence-electron chi connectivity index (χ3n) is 3.12. The molecule has 6 unspecified atom stereocenters. The van der Waals surface area contributed by atoms with E-state index in [1.807, 2.05) is 59.3 Å². The van der Waals surface area contributed by atoms with Crippen molar-refractivity contribution in [2.24, 2.45) is 0 Å². The summed E-state index contributed by atoms with van der Waals surface area (Å²) in [6.07, 6.45) is 10.4. The molecule has 0 amide bonds. The molecule has 0 aliphatic rings. The van der Waals surface area contributed by atoms with Crippen molar-refractivity contribution in [3.8, 4) is 0 Å². The summed E-state index contributed by atoms with van der Waals surface area (Å²) in [5.41, 5.74) is 0. The van der Waals surface area contributed by atoms with Gasteiger partial charge in [-0.1, -0.05) is 0 Å². The molecule has 0 aromatic heterocycles. The molecule has 0 saturated carbocycles. The van der Waals surface area contributed by atoms with Crippen LogP contribution in [0.25, 0.3) is 0 Å². The first-order valence-electron chi connectivity index (χ1n) is 9.41. The molecule has 0 heterocycles. The fourth-order valence-electron chi connectivity index (χ4n) is 1.61. The van der Waals surface area contributed by atoms with Gasteiger partial charge >= 0.3 is 0 Å². The first-order valence-corrected chi connectivity index (χ1v) is 9.23. The Hall–Kier alpha value is 4.32. The predicted molar refractivity (Wildman–Crippen MR) is 111 cm³/mol. The van der Waals surface area contributed by atoms with Crippen LogP contribution in [0.4, 0.5) is 0 Å². The molecule has 0 aromatic rings. The molecule has 0 aliphatic heterocycles. The van der Waals surface area contributed by atoms with Crippen LogP contribution >= 0.6 is 37.9 Å². The third-order valence-corrected chi connectivity index (χ3v) is 4.53. The van der Waals surface area contributed by atoms with Crippen molar-refractivity contribution in [3.63, 3.8) is 0 Å². The van der Waals surface area contributed by atoms with E-state index in [1.165, 1.54) is 0 Å². The molecule has 1 nitrogen and oxygen atoms in total. The van der Waals surface area contributed by atoms with Crippen LogP contribution in [0.5, 0.6) is 0 Å². The molecular formula is C18H33NS3Y3-6. The fraction of sp³-hybridized carbons (Fsp3) is 0.667. The van der Waals surface area contributed by atoms with E-state index in [-0.39, 0.29) is 133 Å². The zero-order chi connectivity index (χ0) is 19.4. The zero-order valence-corrected chi connectivity index (χ0v) is 26.8. The summed E-state index contributed by atoms with van der Waals surface area (Å²) in [6, 6.07) is 0. The van der Waals surface area contributed by atoms with Crippen molar-refractivity contribution in [3.05, 3.63) is 38.5 Å². The maximum atomic E-state index is 8.08. The molecule has 143 valence electrons. The summed E-state index contributed by atoms with van der Waals surface area (Å²) in [4.78, 5) is 2.12. The summed E-state index contributed by atoms with van der Waals surface area (Å²) in [5, 5.41) is -0.262. The van der Waals surface area contributed by atoms with Gasteiger partial charge in [-0.25, -0.2) is 37.9 Å². The van der Waals surface area contributed by atoms with E-state index in [9.17, 15) is 0 Å². The van der Waals surface area contributed by atoms with Gasteiger partial charge in [0, 0.05) is 98.1 Å². The second-order valence-corrected chi connectivity index (χ2v) is 6.76. The molecule has 0 aromatic carbocycles. The van der Waals surface area contributed by atoms with Gasteiger partial charge in [0.25, 0.3) is 0 Å². The third kappa shape index (κ3) is 24.5. The topological polar surface area (TPSA) is 3.24 Å². The standard InChI is InChI=1S/C18H33NS3.3Y/c1-4-16(20)10-7-13-19(14-8-11-17(21)5-2)15-9-12-18(22)6-3;;;/h4-9,16-18,20-22H,10-15H2,1-3H3;;;/q-6;;;/i10T,11T,12T;;;. The van der Waals surface area contributed by atoms with E-state index in [4.69, 9.17) is 4.11 Å². The number of nitrogens with zero attached hydrogens (tertiary/aromatic N) is 1. The first kappa shape index (κ1) is 29.3. The van der Waals surface area contributed by atoms with Gasteiger partial charge in [0.1, 0.15) is 0 Å². The monoisotopic (exact) mass is 632 g/mol. The van der Waals surface area contributed by atoms with Gasteiger partial charge in [-0.15, -0.1) is 35.4 Å². The van der Waals surface area contributed by atoms with E-state index < -0.39 is 0 Å². The Morgan fingerprint density at radius 2 is 0.920 bits per heavy atom. The van der Waals surface area contributed by atoms with Gasteiger partial charge in [0.15, 0.2) is 0 Å². The second-order valence-electron chi connectivity index (χ2n) is 4.97. The quantitative estimate of drug-likeness (QED) is 0.176. The van der Waals surface area contributed by atoms with Crippen LogP contribution in [0.2, 0.25) is 0 Å². The maximum Gasteiger partial charge on any atom is 0 e. The summed E-state index contributed by atoms with van der Waals surface area (Å²) >= 11 is 13.1. The van der Waals surface area contributed by atoms with Crippen LogP contribution in [-0.4, -0.2) is 40.3 Å². The molecule has 3 radical (unpaired) electrons. The summed E-state index contributed by atoms with van der Waals surface area (Å²) in [6.45, 7) is 7.57. The van der Waals surface area contributed by atoms with Gasteiger partial charge in [0.05, 0.1) is 0 Å². The van der Waals surface area contributed by atoms with Crippen molar-refractivity contribution < 1.29 is 102 Å². The summed E-state index contributed by atoms with van der Waals surface area (Å²) in [5.74, 6) is 0. The smallest absolute Gasteiger partial charge is 0 e. The molecule has 0 aliphatic carbocycles. The average Bonchev–Trinajstić information content (AvgIpc) is 2.63. The van der Waals surface area contributed by atoms with Crippen molar-refractivity contribution >= 4 is 37.9 Å². The second kappa shape index (κ2) is 26.4. The van der Waals surface area contributed by atoms with Crippen LogP contribution in [0, 0.1) is 38.5 Å². The van der Waals surface area contributed by atoms with Crippen molar-refractivity contribution in [1.29, 1.82) is 0 Å². The number of hydrogen-bond donors (Lipinski definition) is 3. The Bertz CT molecular complexity index is 292. The van der Waals surface area contributed by atoms with Gasteiger partial charge < -0.3 is 43.4 Å². The van der Waals surface area contributed by atoms with E-state index in [0.29, 0.717) is 19.6 Å². The fourth-order valence-corrected chi connectivity index (χ4v) is 1.97. The SMILES string of the molecule is [3H]C([CH-]CN(C[CH-]C([3H])C(S)[CH-]C)C[CH-]C([3H])C(S)[CH-]C)C(S)[CH-]C.[Y].[Y].[Y]. The molecular weight excluding hydrogens is 593 g/mol. The van der Waals surface area contributed by atoms with Crippen LogP contribution < -0.4 is 0 Å². The first-order chi connectivity index (χ1) is 11.8. The van der Waals surface area contributed by atoms with E-state index in [1.54, 1.807) is 0 Å². The molecule has 0 spiro atoms. The van der Waals surface area contributed by atoms with Crippen molar-refractivity contribution in [2.45, 2.75) is 55.7 Å². The van der Waals surface area contributed by atoms with Crippen LogP contribution in [0.15, 0.2) is 0 Å². The Labute approximate surface area is 255 Å². The molecule has 0 N–H and O–H groups in total. The van der Waals surface area contributed by atoms with E-state index in [0.717, 1.165) is 0 Å². The Morgan fingerprint density at radius 3 is 1.12 bits per heavy atom. The predicted octanol–water partition coefficient (Wildman–Crippen LogP) is 4.63. The normalized spacial score (nSPS) is 19.6. The number of thiol groups is 3. The minimum Gasteiger partial charge on any atom is -0.391 e. The van der Waals surface area contributed by atoms with Crippen LogP contribution in [0.3, 0.4) is 0 Å². The minimum absolute atomic E-state index is 0. The Morgan fingerprint density at radius 1 is 0.680 bits per heavy atom. The molecule has 25 heavy (non-hydrogen) atoms. The van der Waals surface area contributed by atoms with E-state index >= 15 is 0 Å². The summed E-state index contributed by atoms with van der Waals surface area (Å²) in [7, 11) is 0. The van der Waals surface area contributed by atoms with Gasteiger partial charge in [-0.05, 0) is 4.11 Å².